The molecule has 0 spiro atoms. The maximum absolute atomic E-state index is 7.33. The van der Waals surface area contributed by atoms with Gasteiger partial charge in [0.15, 0.2) is 0 Å². The zero-order chi connectivity index (χ0) is 4.50. The maximum Gasteiger partial charge on any atom is 0.668 e. The Kier molecular flexibility index (Phi) is 4.37. The molecule has 1 radical (unpaired) electrons. The molecular weight excluding hydrogens is 151 g/mol. The van der Waals surface area contributed by atoms with Crippen LogP contribution < -0.4 is 0 Å². The molecule has 0 atom stereocenters. The minimum Gasteiger partial charge on any atom is -0.368 e. The Morgan fingerprint density at radius 3 is 0.833 bits per heavy atom. The van der Waals surface area contributed by atoms with Crippen LogP contribution in [0.5, 0.6) is 0 Å². The molecule has 6 heavy (non-hydrogen) atoms. The van der Waals surface area contributed by atoms with Crippen LogP contribution in [0.25, 0.3) is 0 Å². The summed E-state index contributed by atoms with van der Waals surface area (Å²) in [6.07, 6.45) is 0. The van der Waals surface area contributed by atoms with Crippen molar-refractivity contribution in [3.8, 4) is 0 Å². The van der Waals surface area contributed by atoms with E-state index < -0.39 is 9.05 Å². The monoisotopic (exact) mass is 155 g/mol. The number of rotatable bonds is 0. The SMILES string of the molecule is O[Si](O)(O)O.[Co]. The van der Waals surface area contributed by atoms with Crippen molar-refractivity contribution in [3.05, 3.63) is 0 Å². The van der Waals surface area contributed by atoms with Gasteiger partial charge >= 0.3 is 9.05 Å². The zero-order valence-corrected chi connectivity index (χ0v) is 4.66. The first-order valence-electron chi connectivity index (χ1n) is 0.894. The quantitative estimate of drug-likeness (QED) is 0.289. The fourth-order valence-electron chi connectivity index (χ4n) is 0. The summed E-state index contributed by atoms with van der Waals surface area (Å²) in [6, 6.07) is 0. The topological polar surface area (TPSA) is 80.9 Å². The average molecular weight is 155 g/mol. The van der Waals surface area contributed by atoms with E-state index in [0.29, 0.717) is 0 Å². The second kappa shape index (κ2) is 2.69. The molecule has 0 heterocycles. The first-order valence-corrected chi connectivity index (χ1v) is 2.68. The molecule has 4 N–H and O–H groups in total. The van der Waals surface area contributed by atoms with E-state index in [0.717, 1.165) is 0 Å². The molecule has 0 aromatic rings. The second-order valence-corrected chi connectivity index (χ2v) is 1.80. The van der Waals surface area contributed by atoms with Gasteiger partial charge in [-0.3, -0.25) is 0 Å². The van der Waals surface area contributed by atoms with Crippen LogP contribution >= 0.6 is 0 Å². The third-order valence-electron chi connectivity index (χ3n) is 0. The summed E-state index contributed by atoms with van der Waals surface area (Å²) in [6.45, 7) is 0. The Morgan fingerprint density at radius 1 is 0.833 bits per heavy atom. The van der Waals surface area contributed by atoms with E-state index in [-0.39, 0.29) is 16.8 Å². The standard InChI is InChI=1S/Co.H4O4Si/c;1-5(2,3)4/h;1-4H. The van der Waals surface area contributed by atoms with E-state index in [1.54, 1.807) is 0 Å². The van der Waals surface area contributed by atoms with E-state index >= 15 is 0 Å². The fourth-order valence-corrected chi connectivity index (χ4v) is 0. The Hall–Kier alpha value is 0.563. The van der Waals surface area contributed by atoms with Gasteiger partial charge in [0.2, 0.25) is 0 Å². The van der Waals surface area contributed by atoms with E-state index in [9.17, 15) is 0 Å². The van der Waals surface area contributed by atoms with E-state index in [1.165, 1.54) is 0 Å². The predicted octanol–water partition coefficient (Wildman–Crippen LogP) is -2.61. The normalized spacial score (nSPS) is 10.0. The van der Waals surface area contributed by atoms with Crippen LogP contribution in [0.3, 0.4) is 0 Å². The van der Waals surface area contributed by atoms with Crippen LogP contribution in [-0.2, 0) is 16.8 Å². The minimum atomic E-state index is -4.61. The van der Waals surface area contributed by atoms with Gasteiger partial charge in [0.25, 0.3) is 0 Å². The van der Waals surface area contributed by atoms with Gasteiger partial charge in [-0.2, -0.15) is 0 Å². The van der Waals surface area contributed by atoms with Crippen LogP contribution in [-0.4, -0.2) is 28.2 Å². The molecule has 0 unspecified atom stereocenters. The number of hydrogen-bond acceptors (Lipinski definition) is 4. The second-order valence-electron chi connectivity index (χ2n) is 0.600. The van der Waals surface area contributed by atoms with Gasteiger partial charge in [-0.15, -0.1) is 0 Å². The van der Waals surface area contributed by atoms with Crippen LogP contribution in [0.4, 0.5) is 0 Å². The van der Waals surface area contributed by atoms with Crippen LogP contribution in [0.1, 0.15) is 0 Å². The molecule has 0 amide bonds. The first-order chi connectivity index (χ1) is 2.00. The molecule has 41 valence electrons. The van der Waals surface area contributed by atoms with Crippen LogP contribution in [0, 0.1) is 0 Å². The van der Waals surface area contributed by atoms with E-state index in [4.69, 9.17) is 19.2 Å². The third-order valence-corrected chi connectivity index (χ3v) is 0. The van der Waals surface area contributed by atoms with Crippen LogP contribution in [0.2, 0.25) is 0 Å². The van der Waals surface area contributed by atoms with Crippen molar-refractivity contribution >= 4 is 9.05 Å². The molecule has 0 aliphatic heterocycles. The Labute approximate surface area is 45.7 Å². The Balaban J connectivity index is 0. The van der Waals surface area contributed by atoms with Crippen molar-refractivity contribution in [1.82, 2.24) is 0 Å². The molecule has 0 saturated carbocycles. The van der Waals surface area contributed by atoms with Gasteiger partial charge in [-0.1, -0.05) is 0 Å². The molecule has 4 nitrogen and oxygen atoms in total. The van der Waals surface area contributed by atoms with Crippen molar-refractivity contribution < 1.29 is 36.0 Å². The van der Waals surface area contributed by atoms with Gasteiger partial charge < -0.3 is 19.2 Å². The summed E-state index contributed by atoms with van der Waals surface area (Å²) in [5.74, 6) is 0. The largest absolute Gasteiger partial charge is 0.668 e. The Morgan fingerprint density at radius 2 is 0.833 bits per heavy atom. The molecule has 0 aromatic heterocycles. The summed E-state index contributed by atoms with van der Waals surface area (Å²) >= 11 is 0. The molecule has 0 bridgehead atoms. The molecular formula is H4CoO4Si. The third kappa shape index (κ3) is 183. The summed E-state index contributed by atoms with van der Waals surface area (Å²) in [5, 5.41) is 0. The Bertz CT molecular complexity index is 23.0. The van der Waals surface area contributed by atoms with Gasteiger partial charge in [0, 0.05) is 16.8 Å². The zero-order valence-electron chi connectivity index (χ0n) is 2.62. The van der Waals surface area contributed by atoms with Crippen molar-refractivity contribution in [2.75, 3.05) is 0 Å². The summed E-state index contributed by atoms with van der Waals surface area (Å²) in [5.41, 5.74) is 0. The molecule has 0 aliphatic rings. The first kappa shape index (κ1) is 9.76. The average Bonchev–Trinajstić information content (AvgIpc) is 0.722. The number of hydrogen-bond donors (Lipinski definition) is 4. The predicted molar refractivity (Wildman–Crippen MR) is 14.6 cm³/mol. The molecule has 6 heteroatoms. The van der Waals surface area contributed by atoms with Gasteiger partial charge in [0.1, 0.15) is 0 Å². The molecule has 0 aliphatic carbocycles. The van der Waals surface area contributed by atoms with Crippen molar-refractivity contribution in [1.29, 1.82) is 0 Å². The van der Waals surface area contributed by atoms with Gasteiger partial charge in [-0.25, -0.2) is 0 Å². The molecule has 0 aromatic carbocycles. The fraction of sp³-hybridized carbons (Fsp3) is 0. The van der Waals surface area contributed by atoms with Gasteiger partial charge in [-0.05, 0) is 0 Å². The molecule has 0 saturated heterocycles. The van der Waals surface area contributed by atoms with Crippen molar-refractivity contribution in [3.63, 3.8) is 0 Å². The van der Waals surface area contributed by atoms with Gasteiger partial charge in [0.05, 0.1) is 0 Å². The summed E-state index contributed by atoms with van der Waals surface area (Å²) < 4.78 is 0. The summed E-state index contributed by atoms with van der Waals surface area (Å²) in [7, 11) is -4.61. The van der Waals surface area contributed by atoms with E-state index in [1.807, 2.05) is 0 Å². The smallest absolute Gasteiger partial charge is 0.368 e. The minimum absolute atomic E-state index is 0. The molecule has 0 rings (SSSR count). The van der Waals surface area contributed by atoms with Crippen molar-refractivity contribution in [2.24, 2.45) is 0 Å². The van der Waals surface area contributed by atoms with Crippen LogP contribution in [0.15, 0.2) is 0 Å². The maximum atomic E-state index is 7.33. The summed E-state index contributed by atoms with van der Waals surface area (Å²) in [4.78, 5) is 29.3. The van der Waals surface area contributed by atoms with Crippen molar-refractivity contribution in [2.45, 2.75) is 0 Å². The van der Waals surface area contributed by atoms with E-state index in [2.05, 4.69) is 0 Å². The molecule has 0 fully saturated rings.